The first kappa shape index (κ1) is 21.1. The van der Waals surface area contributed by atoms with Gasteiger partial charge >= 0.3 is 0 Å². The van der Waals surface area contributed by atoms with Crippen LogP contribution in [0.15, 0.2) is 65.9 Å². The summed E-state index contributed by atoms with van der Waals surface area (Å²) in [4.78, 5) is 15.9. The van der Waals surface area contributed by atoms with Crippen LogP contribution in [0.5, 0.6) is 11.5 Å². The number of nitrogens with two attached hydrogens (primary N) is 1. The van der Waals surface area contributed by atoms with Gasteiger partial charge in [-0.1, -0.05) is 6.07 Å². The molecule has 6 rings (SSSR count). The Hall–Kier alpha value is -4.47. The van der Waals surface area contributed by atoms with E-state index >= 15 is 4.39 Å². The van der Waals surface area contributed by atoms with Gasteiger partial charge in [-0.15, -0.1) is 0 Å². The van der Waals surface area contributed by atoms with Crippen LogP contribution in [0, 0.1) is 17.8 Å². The molecule has 0 fully saturated rings. The Labute approximate surface area is 197 Å². The lowest BCUT2D eigenvalue weighted by atomic mass is 9.77. The summed E-state index contributed by atoms with van der Waals surface area (Å²) in [6, 6.07) is 12.6. The van der Waals surface area contributed by atoms with E-state index in [4.69, 9.17) is 15.2 Å². The SMILES string of the molecule is NC1=N[C@@]2(CCO1)c1cc(-c3cccnc3F)ccc1Oc1c2cc(-c2cccnc2F)nc1F. The van der Waals surface area contributed by atoms with E-state index in [1.54, 1.807) is 30.3 Å². The monoisotopic (exact) mass is 475 g/mol. The van der Waals surface area contributed by atoms with Crippen molar-refractivity contribution >= 4 is 6.02 Å². The highest BCUT2D eigenvalue weighted by Gasteiger charge is 2.46. The van der Waals surface area contributed by atoms with Crippen molar-refractivity contribution in [3.05, 3.63) is 89.9 Å². The van der Waals surface area contributed by atoms with Gasteiger partial charge in [0.1, 0.15) is 11.3 Å². The van der Waals surface area contributed by atoms with Crippen LogP contribution in [-0.4, -0.2) is 27.6 Å². The van der Waals surface area contributed by atoms with Crippen molar-refractivity contribution in [2.45, 2.75) is 12.0 Å². The van der Waals surface area contributed by atoms with E-state index in [-0.39, 0.29) is 41.6 Å². The molecule has 2 N–H and O–H groups in total. The molecule has 0 unspecified atom stereocenters. The predicted molar refractivity (Wildman–Crippen MR) is 120 cm³/mol. The molecule has 2 aliphatic rings. The van der Waals surface area contributed by atoms with Crippen LogP contribution in [0.2, 0.25) is 0 Å². The number of aliphatic imine (C=N–C) groups is 1. The van der Waals surface area contributed by atoms with Gasteiger partial charge in [0.15, 0.2) is 5.75 Å². The number of amidine groups is 1. The Bertz CT molecular complexity index is 1530. The van der Waals surface area contributed by atoms with E-state index in [0.29, 0.717) is 22.4 Å². The van der Waals surface area contributed by atoms with Crippen molar-refractivity contribution in [1.82, 2.24) is 15.0 Å². The molecule has 5 heterocycles. The van der Waals surface area contributed by atoms with Crippen molar-refractivity contribution in [3.63, 3.8) is 0 Å². The minimum Gasteiger partial charge on any atom is -0.465 e. The fourth-order valence-electron chi connectivity index (χ4n) is 4.56. The Morgan fingerprint density at radius 3 is 2.31 bits per heavy atom. The third-order valence-corrected chi connectivity index (χ3v) is 6.13. The number of ether oxygens (including phenoxy) is 2. The number of aromatic nitrogens is 3. The molecular formula is C25H16F3N5O2. The first-order chi connectivity index (χ1) is 17.0. The maximum atomic E-state index is 15.3. The fourth-order valence-corrected chi connectivity index (χ4v) is 4.56. The maximum Gasteiger partial charge on any atom is 0.283 e. The summed E-state index contributed by atoms with van der Waals surface area (Å²) in [6.45, 7) is 0.181. The summed E-state index contributed by atoms with van der Waals surface area (Å²) in [6.07, 6.45) is 2.92. The maximum absolute atomic E-state index is 15.3. The average molecular weight is 475 g/mol. The summed E-state index contributed by atoms with van der Waals surface area (Å²) < 4.78 is 55.5. The third kappa shape index (κ3) is 3.29. The lowest BCUT2D eigenvalue weighted by Gasteiger charge is -2.39. The zero-order valence-electron chi connectivity index (χ0n) is 18.0. The van der Waals surface area contributed by atoms with Crippen molar-refractivity contribution in [2.24, 2.45) is 10.7 Å². The molecule has 0 amide bonds. The van der Waals surface area contributed by atoms with Crippen molar-refractivity contribution in [3.8, 4) is 33.9 Å². The summed E-state index contributed by atoms with van der Waals surface area (Å²) in [5.74, 6) is -2.21. The number of hydrogen-bond acceptors (Lipinski definition) is 7. The molecule has 3 aromatic heterocycles. The number of halogens is 3. The minimum absolute atomic E-state index is 0.0188. The smallest absolute Gasteiger partial charge is 0.283 e. The van der Waals surface area contributed by atoms with E-state index < -0.39 is 23.4 Å². The lowest BCUT2D eigenvalue weighted by molar-refractivity contribution is 0.217. The second-order valence-corrected chi connectivity index (χ2v) is 8.08. The highest BCUT2D eigenvalue weighted by atomic mass is 19.1. The van der Waals surface area contributed by atoms with Crippen molar-refractivity contribution in [1.29, 1.82) is 0 Å². The van der Waals surface area contributed by atoms with Crippen LogP contribution in [0.4, 0.5) is 13.2 Å². The molecular weight excluding hydrogens is 459 g/mol. The van der Waals surface area contributed by atoms with Crippen LogP contribution in [0.3, 0.4) is 0 Å². The minimum atomic E-state index is -1.24. The van der Waals surface area contributed by atoms with Gasteiger partial charge in [0.2, 0.25) is 11.9 Å². The molecule has 35 heavy (non-hydrogen) atoms. The number of pyridine rings is 3. The zero-order valence-corrected chi connectivity index (χ0v) is 18.0. The number of fused-ring (bicyclic) bond motifs is 4. The highest BCUT2D eigenvalue weighted by molar-refractivity contribution is 5.77. The molecule has 1 spiro atoms. The van der Waals surface area contributed by atoms with Gasteiger partial charge in [0.05, 0.1) is 17.9 Å². The van der Waals surface area contributed by atoms with Gasteiger partial charge in [0.25, 0.3) is 12.0 Å². The molecule has 1 atom stereocenters. The molecule has 10 heteroatoms. The van der Waals surface area contributed by atoms with E-state index in [1.807, 2.05) is 0 Å². The molecule has 2 aliphatic heterocycles. The lowest BCUT2D eigenvalue weighted by Crippen LogP contribution is -2.39. The van der Waals surface area contributed by atoms with Crippen molar-refractivity contribution < 1.29 is 22.6 Å². The second kappa shape index (κ2) is 7.79. The van der Waals surface area contributed by atoms with Crippen LogP contribution in [0.1, 0.15) is 17.5 Å². The molecule has 0 saturated carbocycles. The molecule has 0 saturated heterocycles. The molecule has 0 radical (unpaired) electrons. The van der Waals surface area contributed by atoms with Crippen LogP contribution < -0.4 is 10.5 Å². The van der Waals surface area contributed by atoms with Gasteiger partial charge in [-0.2, -0.15) is 13.2 Å². The second-order valence-electron chi connectivity index (χ2n) is 8.08. The van der Waals surface area contributed by atoms with Gasteiger partial charge < -0.3 is 15.2 Å². The van der Waals surface area contributed by atoms with E-state index in [9.17, 15) is 8.78 Å². The summed E-state index contributed by atoms with van der Waals surface area (Å²) >= 11 is 0. The highest BCUT2D eigenvalue weighted by Crippen LogP contribution is 2.53. The Kier molecular flexibility index (Phi) is 4.70. The molecule has 0 bridgehead atoms. The quantitative estimate of drug-likeness (QED) is 0.422. The average Bonchev–Trinajstić information content (AvgIpc) is 2.85. The van der Waals surface area contributed by atoms with E-state index in [0.717, 1.165) is 0 Å². The first-order valence-electron chi connectivity index (χ1n) is 10.7. The Morgan fingerprint density at radius 1 is 0.857 bits per heavy atom. The predicted octanol–water partition coefficient (Wildman–Crippen LogP) is 4.71. The normalized spacial score (nSPS) is 18.2. The van der Waals surface area contributed by atoms with E-state index in [1.165, 1.54) is 30.6 Å². The fraction of sp³-hybridized carbons (Fsp3) is 0.120. The Balaban J connectivity index is 1.62. The summed E-state index contributed by atoms with van der Waals surface area (Å²) in [5, 5.41) is 0. The molecule has 0 aliphatic carbocycles. The number of hydrogen-bond donors (Lipinski definition) is 1. The number of benzene rings is 1. The molecule has 174 valence electrons. The van der Waals surface area contributed by atoms with Crippen LogP contribution in [-0.2, 0) is 10.3 Å². The van der Waals surface area contributed by atoms with Gasteiger partial charge in [-0.05, 0) is 48.0 Å². The molecule has 4 aromatic rings. The van der Waals surface area contributed by atoms with E-state index in [2.05, 4.69) is 19.9 Å². The largest absolute Gasteiger partial charge is 0.465 e. The summed E-state index contributed by atoms with van der Waals surface area (Å²) in [5.41, 5.74) is 6.40. The zero-order chi connectivity index (χ0) is 24.2. The molecule has 1 aromatic carbocycles. The third-order valence-electron chi connectivity index (χ3n) is 6.13. The van der Waals surface area contributed by atoms with Gasteiger partial charge in [-0.25, -0.2) is 19.9 Å². The van der Waals surface area contributed by atoms with Crippen LogP contribution in [0.25, 0.3) is 22.4 Å². The molecule has 7 nitrogen and oxygen atoms in total. The standard InChI is InChI=1S/C25H16F3N5O2/c26-21-14(3-1-8-30-21)13-5-6-19-16(11-13)25(7-10-34-24(29)33-25)17-12-18(32-23(28)20(17)35-19)15-4-2-9-31-22(15)27/h1-6,8-9,11-12H,7,10H2,(H2,29,33)/t25-/m0/s1. The van der Waals surface area contributed by atoms with Crippen molar-refractivity contribution in [2.75, 3.05) is 6.61 Å². The number of rotatable bonds is 2. The van der Waals surface area contributed by atoms with Crippen LogP contribution >= 0.6 is 0 Å². The Morgan fingerprint density at radius 2 is 1.60 bits per heavy atom. The topological polar surface area (TPSA) is 95.5 Å². The van der Waals surface area contributed by atoms with Gasteiger partial charge in [0, 0.05) is 35.5 Å². The number of nitrogens with zero attached hydrogens (tertiary/aromatic N) is 4. The van der Waals surface area contributed by atoms with Gasteiger partial charge in [-0.3, -0.25) is 0 Å². The first-order valence-corrected chi connectivity index (χ1v) is 10.7. The summed E-state index contributed by atoms with van der Waals surface area (Å²) in [7, 11) is 0.